The van der Waals surface area contributed by atoms with Crippen LogP contribution < -0.4 is 0 Å². The third kappa shape index (κ3) is 5.44. The van der Waals surface area contributed by atoms with E-state index in [1.54, 1.807) is 0 Å². The Morgan fingerprint density at radius 2 is 2.29 bits per heavy atom. The number of rotatable bonds is 4. The average molecular weight is 258 g/mol. The van der Waals surface area contributed by atoms with Crippen molar-refractivity contribution in [3.8, 4) is 0 Å². The van der Waals surface area contributed by atoms with Crippen molar-refractivity contribution in [1.29, 1.82) is 0 Å². The first-order chi connectivity index (χ1) is 6.47. The molecule has 0 aromatic rings. The Kier molecular flexibility index (Phi) is 5.03. The van der Waals surface area contributed by atoms with Gasteiger partial charge in [-0.25, -0.2) is 8.42 Å². The first-order valence-corrected chi connectivity index (χ1v) is 8.26. The van der Waals surface area contributed by atoms with Crippen LogP contribution in [0, 0.1) is 0 Å². The highest BCUT2D eigenvalue weighted by molar-refractivity contribution is 8.13. The van der Waals surface area contributed by atoms with Crippen LogP contribution in [0.1, 0.15) is 13.3 Å². The predicted molar refractivity (Wildman–Crippen MR) is 62.6 cm³/mol. The van der Waals surface area contributed by atoms with Gasteiger partial charge in [0.25, 0.3) is 0 Å². The topological polar surface area (TPSA) is 37.4 Å². The van der Waals surface area contributed by atoms with Gasteiger partial charge in [0.1, 0.15) is 0 Å². The molecule has 1 unspecified atom stereocenters. The third-order valence-corrected chi connectivity index (χ3v) is 4.56. The number of halogens is 1. The summed E-state index contributed by atoms with van der Waals surface area (Å²) in [6.45, 7) is 5.18. The number of thioether (sulfide) groups is 1. The second-order valence-electron chi connectivity index (χ2n) is 3.58. The Labute approximate surface area is 94.6 Å². The number of hydrogen-bond donors (Lipinski definition) is 0. The van der Waals surface area contributed by atoms with Crippen LogP contribution in [-0.2, 0) is 9.05 Å². The van der Waals surface area contributed by atoms with Gasteiger partial charge in [-0.15, -0.1) is 0 Å². The van der Waals surface area contributed by atoms with Crippen molar-refractivity contribution in [2.24, 2.45) is 0 Å². The molecule has 1 aliphatic heterocycles. The van der Waals surface area contributed by atoms with Gasteiger partial charge in [0.05, 0.1) is 5.75 Å². The van der Waals surface area contributed by atoms with Gasteiger partial charge in [-0.3, -0.25) is 0 Å². The molecule has 0 radical (unpaired) electrons. The number of nitrogens with zero attached hydrogens (tertiary/aromatic N) is 1. The molecule has 1 saturated heterocycles. The van der Waals surface area contributed by atoms with Crippen molar-refractivity contribution in [3.63, 3.8) is 0 Å². The molecule has 0 saturated carbocycles. The first kappa shape index (κ1) is 12.6. The second-order valence-corrected chi connectivity index (χ2v) is 8.02. The minimum absolute atomic E-state index is 0.0899. The Bertz CT molecular complexity index is 269. The monoisotopic (exact) mass is 257 g/mol. The van der Waals surface area contributed by atoms with Crippen LogP contribution in [0.2, 0.25) is 0 Å². The molecule has 1 rings (SSSR count). The lowest BCUT2D eigenvalue weighted by Gasteiger charge is -2.30. The van der Waals surface area contributed by atoms with Gasteiger partial charge < -0.3 is 4.90 Å². The summed E-state index contributed by atoms with van der Waals surface area (Å²) in [4.78, 5) is 2.31. The van der Waals surface area contributed by atoms with Crippen molar-refractivity contribution in [2.45, 2.75) is 18.6 Å². The number of hydrogen-bond acceptors (Lipinski definition) is 4. The van der Waals surface area contributed by atoms with Crippen LogP contribution >= 0.6 is 22.4 Å². The summed E-state index contributed by atoms with van der Waals surface area (Å²) in [6, 6.07) is 0. The van der Waals surface area contributed by atoms with Gasteiger partial charge >= 0.3 is 0 Å². The van der Waals surface area contributed by atoms with E-state index in [0.717, 1.165) is 25.4 Å². The van der Waals surface area contributed by atoms with Gasteiger partial charge in [0.15, 0.2) is 0 Å². The van der Waals surface area contributed by atoms with E-state index in [0.29, 0.717) is 11.7 Å². The average Bonchev–Trinajstić information content (AvgIpc) is 2.01. The Morgan fingerprint density at radius 1 is 1.57 bits per heavy atom. The van der Waals surface area contributed by atoms with Crippen molar-refractivity contribution in [1.82, 2.24) is 4.90 Å². The van der Waals surface area contributed by atoms with Crippen molar-refractivity contribution < 1.29 is 8.42 Å². The van der Waals surface area contributed by atoms with Gasteiger partial charge in [0, 0.05) is 34.8 Å². The van der Waals surface area contributed by atoms with Gasteiger partial charge in [-0.2, -0.15) is 11.8 Å². The normalized spacial score (nSPS) is 25.1. The standard InChI is InChI=1S/C8H16ClNO2S2/c1-8-7-10(4-5-13-8)3-2-6-14(9,11)12/h8H,2-7H2,1H3. The smallest absolute Gasteiger partial charge is 0.232 e. The molecule has 0 aromatic carbocycles. The zero-order chi connectivity index (χ0) is 10.6. The van der Waals surface area contributed by atoms with Crippen LogP contribution in [0.15, 0.2) is 0 Å². The molecular weight excluding hydrogens is 242 g/mol. The van der Waals surface area contributed by atoms with E-state index >= 15 is 0 Å². The maximum absolute atomic E-state index is 10.7. The Hall–Kier alpha value is 0.550. The van der Waals surface area contributed by atoms with E-state index < -0.39 is 9.05 Å². The molecule has 0 spiro atoms. The highest BCUT2D eigenvalue weighted by atomic mass is 35.7. The molecule has 1 fully saturated rings. The SMILES string of the molecule is CC1CN(CCCS(=O)(=O)Cl)CCS1. The third-order valence-electron chi connectivity index (χ3n) is 2.19. The van der Waals surface area contributed by atoms with E-state index in [2.05, 4.69) is 11.8 Å². The molecule has 0 aromatic heterocycles. The summed E-state index contributed by atoms with van der Waals surface area (Å²) < 4.78 is 21.4. The summed E-state index contributed by atoms with van der Waals surface area (Å²) in [5, 5.41) is 0.663. The van der Waals surface area contributed by atoms with Crippen LogP contribution in [0.25, 0.3) is 0 Å². The fraction of sp³-hybridized carbons (Fsp3) is 1.00. The fourth-order valence-corrected chi connectivity index (χ4v) is 3.44. The summed E-state index contributed by atoms with van der Waals surface area (Å²) in [6.07, 6.45) is 0.642. The lowest BCUT2D eigenvalue weighted by atomic mass is 10.3. The largest absolute Gasteiger partial charge is 0.301 e. The summed E-state index contributed by atoms with van der Waals surface area (Å²) in [5.74, 6) is 1.24. The molecule has 14 heavy (non-hydrogen) atoms. The van der Waals surface area contributed by atoms with Crippen LogP contribution in [0.5, 0.6) is 0 Å². The molecule has 1 atom stereocenters. The van der Waals surface area contributed by atoms with Gasteiger partial charge in [-0.05, 0) is 13.0 Å². The Morgan fingerprint density at radius 3 is 2.86 bits per heavy atom. The lowest BCUT2D eigenvalue weighted by Crippen LogP contribution is -2.37. The molecule has 1 heterocycles. The van der Waals surface area contributed by atoms with Crippen LogP contribution in [0.4, 0.5) is 0 Å². The van der Waals surface area contributed by atoms with Gasteiger partial charge in [0.2, 0.25) is 9.05 Å². The molecule has 0 aliphatic carbocycles. The van der Waals surface area contributed by atoms with E-state index in [-0.39, 0.29) is 5.75 Å². The van der Waals surface area contributed by atoms with E-state index in [1.807, 2.05) is 11.8 Å². The molecular formula is C8H16ClNO2S2. The van der Waals surface area contributed by atoms with E-state index in [4.69, 9.17) is 10.7 Å². The molecule has 0 N–H and O–H groups in total. The maximum atomic E-state index is 10.7. The highest BCUT2D eigenvalue weighted by Gasteiger charge is 2.16. The predicted octanol–water partition coefficient (Wildman–Crippen LogP) is 1.38. The van der Waals surface area contributed by atoms with E-state index in [9.17, 15) is 8.42 Å². The molecule has 1 aliphatic rings. The van der Waals surface area contributed by atoms with Crippen molar-refractivity contribution in [3.05, 3.63) is 0 Å². The Balaban J connectivity index is 2.18. The molecule has 0 bridgehead atoms. The molecule has 84 valence electrons. The van der Waals surface area contributed by atoms with E-state index in [1.165, 1.54) is 0 Å². The zero-order valence-corrected chi connectivity index (χ0v) is 10.7. The fourth-order valence-electron chi connectivity index (χ4n) is 1.55. The highest BCUT2D eigenvalue weighted by Crippen LogP contribution is 2.17. The minimum Gasteiger partial charge on any atom is -0.301 e. The van der Waals surface area contributed by atoms with Crippen molar-refractivity contribution in [2.75, 3.05) is 31.1 Å². The second kappa shape index (κ2) is 5.58. The zero-order valence-electron chi connectivity index (χ0n) is 8.28. The lowest BCUT2D eigenvalue weighted by molar-refractivity contribution is 0.287. The van der Waals surface area contributed by atoms with Crippen molar-refractivity contribution >= 4 is 31.5 Å². The van der Waals surface area contributed by atoms with Gasteiger partial charge in [-0.1, -0.05) is 6.92 Å². The first-order valence-electron chi connectivity index (χ1n) is 4.73. The quantitative estimate of drug-likeness (QED) is 0.714. The summed E-state index contributed by atoms with van der Waals surface area (Å²) in [7, 11) is 1.83. The molecule has 0 amide bonds. The van der Waals surface area contributed by atoms with Crippen LogP contribution in [-0.4, -0.2) is 49.7 Å². The van der Waals surface area contributed by atoms with Crippen LogP contribution in [0.3, 0.4) is 0 Å². The summed E-state index contributed by atoms with van der Waals surface area (Å²) in [5.41, 5.74) is 0. The summed E-state index contributed by atoms with van der Waals surface area (Å²) >= 11 is 1.97. The molecule has 3 nitrogen and oxygen atoms in total. The molecule has 6 heteroatoms. The maximum Gasteiger partial charge on any atom is 0.232 e. The minimum atomic E-state index is -3.30.